The molecule has 1 aliphatic carbocycles. The largest absolute Gasteiger partial charge is 0.331 e. The molecule has 0 unspecified atom stereocenters. The lowest BCUT2D eigenvalue weighted by molar-refractivity contribution is 0.623. The summed E-state index contributed by atoms with van der Waals surface area (Å²) >= 11 is 3.21. The Morgan fingerprint density at radius 2 is 2.25 bits per heavy atom. The molecule has 1 aromatic heterocycles. The Bertz CT molecular complexity index is 558. The molecule has 1 fully saturated rings. The maximum absolute atomic E-state index is 13.4. The van der Waals surface area contributed by atoms with Gasteiger partial charge < -0.3 is 4.57 Å². The van der Waals surface area contributed by atoms with Crippen LogP contribution in [0.4, 0.5) is 4.39 Å². The first kappa shape index (κ1) is 10.3. The number of halogens is 2. The molecule has 3 rings (SSSR count). The van der Waals surface area contributed by atoms with Gasteiger partial charge in [-0.15, -0.1) is 0 Å². The van der Waals surface area contributed by atoms with Crippen molar-refractivity contribution in [3.05, 3.63) is 28.2 Å². The lowest BCUT2D eigenvalue weighted by Crippen LogP contribution is -1.98. The molecule has 2 aromatic rings. The van der Waals surface area contributed by atoms with E-state index in [1.807, 2.05) is 7.05 Å². The van der Waals surface area contributed by atoms with Crippen LogP contribution in [0.1, 0.15) is 18.7 Å². The average molecular weight is 283 g/mol. The third-order valence-electron chi connectivity index (χ3n) is 3.18. The molecule has 4 heteroatoms. The van der Waals surface area contributed by atoms with Crippen LogP contribution >= 0.6 is 15.9 Å². The molecule has 1 aromatic carbocycles. The van der Waals surface area contributed by atoms with Crippen molar-refractivity contribution in [1.82, 2.24) is 9.55 Å². The minimum absolute atomic E-state index is 0.247. The SMILES string of the molecule is Cn1c(CC2CC2)nc2cc(F)c(Br)cc21. The van der Waals surface area contributed by atoms with E-state index in [-0.39, 0.29) is 5.82 Å². The van der Waals surface area contributed by atoms with E-state index in [9.17, 15) is 4.39 Å². The van der Waals surface area contributed by atoms with Crippen LogP contribution in [0.25, 0.3) is 11.0 Å². The van der Waals surface area contributed by atoms with E-state index >= 15 is 0 Å². The lowest BCUT2D eigenvalue weighted by Gasteiger charge is -2.00. The van der Waals surface area contributed by atoms with Crippen molar-refractivity contribution in [3.63, 3.8) is 0 Å². The standard InChI is InChI=1S/C12H12BrFN2/c1-16-11-5-8(13)9(14)6-10(11)15-12(16)4-7-2-3-7/h5-7H,2-4H2,1H3. The van der Waals surface area contributed by atoms with Gasteiger partial charge in [-0.25, -0.2) is 9.37 Å². The fourth-order valence-corrected chi connectivity index (χ4v) is 2.33. The molecule has 0 atom stereocenters. The molecular formula is C12H12BrFN2. The van der Waals surface area contributed by atoms with Gasteiger partial charge in [0.05, 0.1) is 15.5 Å². The van der Waals surface area contributed by atoms with Crippen molar-refractivity contribution in [3.8, 4) is 0 Å². The Balaban J connectivity index is 2.13. The topological polar surface area (TPSA) is 17.8 Å². The van der Waals surface area contributed by atoms with E-state index < -0.39 is 0 Å². The van der Waals surface area contributed by atoms with E-state index in [1.165, 1.54) is 18.9 Å². The highest BCUT2D eigenvalue weighted by Gasteiger charge is 2.24. The van der Waals surface area contributed by atoms with Crippen LogP contribution in [0, 0.1) is 11.7 Å². The van der Waals surface area contributed by atoms with Crippen molar-refractivity contribution in [2.45, 2.75) is 19.3 Å². The van der Waals surface area contributed by atoms with Gasteiger partial charge in [0, 0.05) is 19.5 Å². The number of aryl methyl sites for hydroxylation is 1. The zero-order chi connectivity index (χ0) is 11.3. The van der Waals surface area contributed by atoms with E-state index in [4.69, 9.17) is 0 Å². The quantitative estimate of drug-likeness (QED) is 0.825. The van der Waals surface area contributed by atoms with Gasteiger partial charge in [0.1, 0.15) is 11.6 Å². The Morgan fingerprint density at radius 3 is 2.94 bits per heavy atom. The Hall–Kier alpha value is -0.900. The summed E-state index contributed by atoms with van der Waals surface area (Å²) in [4.78, 5) is 4.50. The molecule has 16 heavy (non-hydrogen) atoms. The lowest BCUT2D eigenvalue weighted by atomic mass is 10.3. The fourth-order valence-electron chi connectivity index (χ4n) is 2.00. The monoisotopic (exact) mass is 282 g/mol. The predicted octanol–water partition coefficient (Wildman–Crippen LogP) is 3.43. The predicted molar refractivity (Wildman–Crippen MR) is 64.8 cm³/mol. The van der Waals surface area contributed by atoms with Crippen molar-refractivity contribution < 1.29 is 4.39 Å². The van der Waals surface area contributed by atoms with Crippen LogP contribution in [0.3, 0.4) is 0 Å². The van der Waals surface area contributed by atoms with Crippen molar-refractivity contribution in [2.24, 2.45) is 13.0 Å². The minimum atomic E-state index is -0.247. The molecule has 0 N–H and O–H groups in total. The molecule has 2 nitrogen and oxygen atoms in total. The van der Waals surface area contributed by atoms with Crippen molar-refractivity contribution in [1.29, 1.82) is 0 Å². The summed E-state index contributed by atoms with van der Waals surface area (Å²) in [6.07, 6.45) is 3.63. The molecule has 0 saturated heterocycles. The second-order valence-corrected chi connectivity index (χ2v) is 5.34. The molecule has 0 amide bonds. The Morgan fingerprint density at radius 1 is 1.50 bits per heavy atom. The van der Waals surface area contributed by atoms with Crippen LogP contribution in [-0.4, -0.2) is 9.55 Å². The van der Waals surface area contributed by atoms with Gasteiger partial charge in [0.25, 0.3) is 0 Å². The second-order valence-electron chi connectivity index (χ2n) is 4.49. The number of aromatic nitrogens is 2. The summed E-state index contributed by atoms with van der Waals surface area (Å²) < 4.78 is 15.9. The van der Waals surface area contributed by atoms with E-state index in [0.29, 0.717) is 4.47 Å². The zero-order valence-corrected chi connectivity index (χ0v) is 10.6. The molecule has 0 aliphatic heterocycles. The first-order valence-electron chi connectivity index (χ1n) is 5.45. The number of fused-ring (bicyclic) bond motifs is 1. The van der Waals surface area contributed by atoms with Crippen LogP contribution in [0.5, 0.6) is 0 Å². The maximum atomic E-state index is 13.4. The second kappa shape index (κ2) is 3.55. The average Bonchev–Trinajstić information content (AvgIpc) is 3.00. The van der Waals surface area contributed by atoms with Gasteiger partial charge >= 0.3 is 0 Å². The Labute approximate surface area is 102 Å². The fraction of sp³-hybridized carbons (Fsp3) is 0.417. The highest BCUT2D eigenvalue weighted by molar-refractivity contribution is 9.10. The normalized spacial score (nSPS) is 15.9. The summed E-state index contributed by atoms with van der Waals surface area (Å²) in [7, 11) is 2.00. The highest BCUT2D eigenvalue weighted by atomic mass is 79.9. The summed E-state index contributed by atoms with van der Waals surface area (Å²) in [5, 5.41) is 0. The third-order valence-corrected chi connectivity index (χ3v) is 3.79. The van der Waals surface area contributed by atoms with Gasteiger partial charge in [0.15, 0.2) is 0 Å². The highest BCUT2D eigenvalue weighted by Crippen LogP contribution is 2.33. The zero-order valence-electron chi connectivity index (χ0n) is 9.00. The molecule has 84 valence electrons. The summed E-state index contributed by atoms with van der Waals surface area (Å²) in [6.45, 7) is 0. The number of nitrogens with zero attached hydrogens (tertiary/aromatic N) is 2. The molecule has 0 bridgehead atoms. The van der Waals surface area contributed by atoms with E-state index in [2.05, 4.69) is 25.5 Å². The first-order valence-corrected chi connectivity index (χ1v) is 6.25. The van der Waals surface area contributed by atoms with Gasteiger partial charge in [0.2, 0.25) is 0 Å². The number of hydrogen-bond acceptors (Lipinski definition) is 1. The van der Waals surface area contributed by atoms with Crippen LogP contribution in [0.2, 0.25) is 0 Å². The maximum Gasteiger partial charge on any atom is 0.139 e. The molecular weight excluding hydrogens is 271 g/mol. The van der Waals surface area contributed by atoms with E-state index in [0.717, 1.165) is 29.2 Å². The van der Waals surface area contributed by atoms with Crippen LogP contribution in [-0.2, 0) is 13.5 Å². The Kier molecular flexibility index (Phi) is 2.28. The van der Waals surface area contributed by atoms with Gasteiger partial charge in [-0.2, -0.15) is 0 Å². The summed E-state index contributed by atoms with van der Waals surface area (Å²) in [6, 6.07) is 3.30. The van der Waals surface area contributed by atoms with Crippen LogP contribution < -0.4 is 0 Å². The molecule has 1 saturated carbocycles. The molecule has 1 heterocycles. The van der Waals surface area contributed by atoms with Gasteiger partial charge in [-0.1, -0.05) is 0 Å². The minimum Gasteiger partial charge on any atom is -0.331 e. The molecule has 0 spiro atoms. The van der Waals surface area contributed by atoms with Gasteiger partial charge in [-0.3, -0.25) is 0 Å². The van der Waals surface area contributed by atoms with Gasteiger partial charge in [-0.05, 0) is 40.8 Å². The number of hydrogen-bond donors (Lipinski definition) is 0. The summed E-state index contributed by atoms with van der Waals surface area (Å²) in [5.41, 5.74) is 1.74. The van der Waals surface area contributed by atoms with Crippen LogP contribution in [0.15, 0.2) is 16.6 Å². The molecule has 1 aliphatic rings. The van der Waals surface area contributed by atoms with Crippen molar-refractivity contribution in [2.75, 3.05) is 0 Å². The smallest absolute Gasteiger partial charge is 0.139 e. The first-order chi connectivity index (χ1) is 7.65. The van der Waals surface area contributed by atoms with Crippen molar-refractivity contribution >= 4 is 27.0 Å². The number of rotatable bonds is 2. The summed E-state index contributed by atoms with van der Waals surface area (Å²) in [5.74, 6) is 1.61. The third kappa shape index (κ3) is 1.65. The molecule has 0 radical (unpaired) electrons. The number of imidazole rings is 1. The number of benzene rings is 1. The van der Waals surface area contributed by atoms with E-state index in [1.54, 1.807) is 6.07 Å².